The van der Waals surface area contributed by atoms with E-state index < -0.39 is 9.84 Å². The predicted octanol–water partition coefficient (Wildman–Crippen LogP) is 1.24. The number of likely N-dealkylation sites (N-methyl/N-ethyl adjacent to an activating group) is 1. The molecule has 2 N–H and O–H groups in total. The van der Waals surface area contributed by atoms with Crippen LogP contribution in [-0.2, 0) is 9.84 Å². The summed E-state index contributed by atoms with van der Waals surface area (Å²) in [6.07, 6.45) is 0. The van der Waals surface area contributed by atoms with E-state index >= 15 is 0 Å². The second-order valence-electron chi connectivity index (χ2n) is 3.82. The van der Waals surface area contributed by atoms with Crippen molar-refractivity contribution in [2.75, 3.05) is 24.7 Å². The fourth-order valence-corrected chi connectivity index (χ4v) is 4.04. The van der Waals surface area contributed by atoms with Crippen molar-refractivity contribution < 1.29 is 8.42 Å². The highest BCUT2D eigenvalue weighted by molar-refractivity contribution is 9.10. The smallest absolute Gasteiger partial charge is 0.182 e. The van der Waals surface area contributed by atoms with Gasteiger partial charge in [-0.2, -0.15) is 0 Å². The van der Waals surface area contributed by atoms with Gasteiger partial charge in [-0.1, -0.05) is 15.9 Å². The SMILES string of the molecule is CNCC1CS(=O)(=O)c2cc(Br)ccc2N1. The highest BCUT2D eigenvalue weighted by atomic mass is 79.9. The van der Waals surface area contributed by atoms with Gasteiger partial charge in [-0.3, -0.25) is 0 Å². The predicted molar refractivity (Wildman–Crippen MR) is 67.5 cm³/mol. The molecule has 4 nitrogen and oxygen atoms in total. The number of anilines is 1. The molecular weight excluding hydrogens is 292 g/mol. The molecule has 2 rings (SSSR count). The van der Waals surface area contributed by atoms with E-state index in [2.05, 4.69) is 26.6 Å². The molecule has 1 aromatic carbocycles. The Kier molecular flexibility index (Phi) is 3.23. The van der Waals surface area contributed by atoms with Crippen molar-refractivity contribution in [3.05, 3.63) is 22.7 Å². The van der Waals surface area contributed by atoms with Gasteiger partial charge in [-0.15, -0.1) is 0 Å². The maximum atomic E-state index is 12.0. The summed E-state index contributed by atoms with van der Waals surface area (Å²) in [4.78, 5) is 0.384. The standard InChI is InChI=1S/C10H13BrN2O2S/c1-12-5-8-6-16(14,15)10-4-7(11)2-3-9(10)13-8/h2-4,8,12-13H,5-6H2,1H3. The zero-order valence-corrected chi connectivity index (χ0v) is 11.2. The minimum atomic E-state index is -3.17. The summed E-state index contributed by atoms with van der Waals surface area (Å²) >= 11 is 3.28. The Morgan fingerprint density at radius 2 is 2.31 bits per heavy atom. The second-order valence-corrected chi connectivity index (χ2v) is 6.74. The molecule has 0 saturated carbocycles. The molecule has 88 valence electrons. The third-order valence-corrected chi connectivity index (χ3v) is 4.85. The summed E-state index contributed by atoms with van der Waals surface area (Å²) in [6.45, 7) is 0.634. The number of benzene rings is 1. The Hall–Kier alpha value is -0.590. The fraction of sp³-hybridized carbons (Fsp3) is 0.400. The van der Waals surface area contributed by atoms with Gasteiger partial charge < -0.3 is 10.6 Å². The number of nitrogens with one attached hydrogen (secondary N) is 2. The summed E-state index contributed by atoms with van der Waals surface area (Å²) in [6, 6.07) is 5.21. The number of rotatable bonds is 2. The van der Waals surface area contributed by atoms with Crippen LogP contribution in [0.1, 0.15) is 0 Å². The average Bonchev–Trinajstić information content (AvgIpc) is 2.19. The van der Waals surface area contributed by atoms with Gasteiger partial charge in [-0.25, -0.2) is 8.42 Å². The van der Waals surface area contributed by atoms with E-state index in [1.807, 2.05) is 13.1 Å². The van der Waals surface area contributed by atoms with Crippen LogP contribution in [-0.4, -0.2) is 33.8 Å². The molecule has 0 saturated heterocycles. The summed E-state index contributed by atoms with van der Waals surface area (Å²) < 4.78 is 24.8. The molecule has 0 spiro atoms. The normalized spacial score (nSPS) is 22.2. The Morgan fingerprint density at radius 3 is 3.00 bits per heavy atom. The van der Waals surface area contributed by atoms with Crippen LogP contribution in [0.25, 0.3) is 0 Å². The van der Waals surface area contributed by atoms with Crippen molar-refractivity contribution in [1.82, 2.24) is 5.32 Å². The van der Waals surface area contributed by atoms with E-state index in [4.69, 9.17) is 0 Å². The molecule has 1 heterocycles. The zero-order valence-electron chi connectivity index (χ0n) is 8.83. The van der Waals surface area contributed by atoms with Crippen LogP contribution in [0, 0.1) is 0 Å². The Morgan fingerprint density at radius 1 is 1.56 bits per heavy atom. The molecule has 0 amide bonds. The molecule has 1 aromatic rings. The monoisotopic (exact) mass is 304 g/mol. The fourth-order valence-electron chi connectivity index (χ4n) is 1.85. The van der Waals surface area contributed by atoms with Crippen molar-refractivity contribution in [3.8, 4) is 0 Å². The lowest BCUT2D eigenvalue weighted by Gasteiger charge is -2.26. The molecule has 6 heteroatoms. The maximum absolute atomic E-state index is 12.0. The first-order valence-corrected chi connectivity index (χ1v) is 7.41. The highest BCUT2D eigenvalue weighted by Gasteiger charge is 2.29. The van der Waals surface area contributed by atoms with Gasteiger partial charge in [0.2, 0.25) is 0 Å². The van der Waals surface area contributed by atoms with Gasteiger partial charge in [0.05, 0.1) is 22.4 Å². The number of halogens is 1. The van der Waals surface area contributed by atoms with Gasteiger partial charge in [0.25, 0.3) is 0 Å². The summed E-state index contributed by atoms with van der Waals surface area (Å²) in [5.41, 5.74) is 0.690. The number of hydrogen-bond donors (Lipinski definition) is 2. The van der Waals surface area contributed by atoms with Gasteiger partial charge in [0.15, 0.2) is 9.84 Å². The molecule has 1 aliphatic rings. The van der Waals surface area contributed by atoms with Crippen LogP contribution in [0.5, 0.6) is 0 Å². The highest BCUT2D eigenvalue weighted by Crippen LogP contribution is 2.30. The van der Waals surface area contributed by atoms with Crippen molar-refractivity contribution in [2.45, 2.75) is 10.9 Å². The average molecular weight is 305 g/mol. The maximum Gasteiger partial charge on any atom is 0.182 e. The Labute approximate surface area is 103 Å². The molecule has 0 fully saturated rings. The lowest BCUT2D eigenvalue weighted by molar-refractivity contribution is 0.580. The van der Waals surface area contributed by atoms with E-state index in [9.17, 15) is 8.42 Å². The van der Waals surface area contributed by atoms with Gasteiger partial charge in [0.1, 0.15) is 0 Å². The van der Waals surface area contributed by atoms with Crippen LogP contribution in [0.15, 0.2) is 27.6 Å². The molecule has 0 aliphatic carbocycles. The van der Waals surface area contributed by atoms with Crippen molar-refractivity contribution in [1.29, 1.82) is 0 Å². The van der Waals surface area contributed by atoms with Crippen LogP contribution in [0.3, 0.4) is 0 Å². The second kappa shape index (κ2) is 4.35. The third kappa shape index (κ3) is 2.23. The summed E-state index contributed by atoms with van der Waals surface area (Å²) in [7, 11) is -1.36. The Balaban J connectivity index is 2.44. The molecule has 1 aliphatic heterocycles. The molecule has 16 heavy (non-hydrogen) atoms. The molecular formula is C10H13BrN2O2S. The van der Waals surface area contributed by atoms with E-state index in [0.717, 1.165) is 4.47 Å². The molecule has 0 bridgehead atoms. The van der Waals surface area contributed by atoms with Crippen LogP contribution in [0.2, 0.25) is 0 Å². The quantitative estimate of drug-likeness (QED) is 0.863. The third-order valence-electron chi connectivity index (χ3n) is 2.51. The first kappa shape index (κ1) is 11.9. The van der Waals surface area contributed by atoms with Crippen LogP contribution >= 0.6 is 15.9 Å². The molecule has 0 radical (unpaired) electrons. The summed E-state index contributed by atoms with van der Waals surface area (Å²) in [5, 5.41) is 6.20. The topological polar surface area (TPSA) is 58.2 Å². The number of hydrogen-bond acceptors (Lipinski definition) is 4. The first-order chi connectivity index (χ1) is 7.53. The largest absolute Gasteiger partial charge is 0.379 e. The minimum absolute atomic E-state index is 0.0660. The van der Waals surface area contributed by atoms with Crippen LogP contribution in [0.4, 0.5) is 5.69 Å². The van der Waals surface area contributed by atoms with Gasteiger partial charge in [0, 0.05) is 11.0 Å². The molecule has 1 atom stereocenters. The van der Waals surface area contributed by atoms with E-state index in [-0.39, 0.29) is 11.8 Å². The molecule has 1 unspecified atom stereocenters. The lowest BCUT2D eigenvalue weighted by atomic mass is 10.2. The minimum Gasteiger partial charge on any atom is -0.379 e. The Bertz CT molecular complexity index is 502. The van der Waals surface area contributed by atoms with E-state index in [1.54, 1.807) is 12.1 Å². The zero-order chi connectivity index (χ0) is 11.8. The van der Waals surface area contributed by atoms with Crippen molar-refractivity contribution in [2.24, 2.45) is 0 Å². The van der Waals surface area contributed by atoms with Gasteiger partial charge in [-0.05, 0) is 25.2 Å². The molecule has 0 aromatic heterocycles. The van der Waals surface area contributed by atoms with Crippen molar-refractivity contribution in [3.63, 3.8) is 0 Å². The number of sulfone groups is 1. The van der Waals surface area contributed by atoms with E-state index in [0.29, 0.717) is 17.1 Å². The first-order valence-electron chi connectivity index (χ1n) is 4.96. The number of fused-ring (bicyclic) bond motifs is 1. The van der Waals surface area contributed by atoms with Crippen molar-refractivity contribution >= 4 is 31.5 Å². The van der Waals surface area contributed by atoms with Crippen LogP contribution < -0.4 is 10.6 Å². The van der Waals surface area contributed by atoms with Gasteiger partial charge >= 0.3 is 0 Å². The summed E-state index contributed by atoms with van der Waals surface area (Å²) in [5.74, 6) is 0.136. The lowest BCUT2D eigenvalue weighted by Crippen LogP contribution is -2.40. The van der Waals surface area contributed by atoms with E-state index in [1.165, 1.54) is 0 Å².